The quantitative estimate of drug-likeness (QED) is 0.492. The summed E-state index contributed by atoms with van der Waals surface area (Å²) in [6.45, 7) is 4.43. The van der Waals surface area contributed by atoms with E-state index in [9.17, 15) is 0 Å². The van der Waals surface area contributed by atoms with Crippen molar-refractivity contribution >= 4 is 0 Å². The lowest BCUT2D eigenvalue weighted by Crippen LogP contribution is -2.13. The van der Waals surface area contributed by atoms with Crippen molar-refractivity contribution in [1.82, 2.24) is 5.32 Å². The first-order valence-electron chi connectivity index (χ1n) is 9.93. The van der Waals surface area contributed by atoms with Gasteiger partial charge in [0.2, 0.25) is 0 Å². The standard InChI is InChI=1S/C23H33NO4/c1-5-6-7-8-13-28-20-11-9-18(10-12-20)16-24-17-19-14-22(26-3)23(27-4)15-21(19)25-2/h9-12,14-15,24H,5-8,13,16-17H2,1-4H3. The zero-order chi connectivity index (χ0) is 20.2. The highest BCUT2D eigenvalue weighted by Gasteiger charge is 2.11. The van der Waals surface area contributed by atoms with Gasteiger partial charge < -0.3 is 24.3 Å². The molecule has 0 heterocycles. The molecule has 0 aliphatic carbocycles. The third-order valence-electron chi connectivity index (χ3n) is 4.62. The maximum atomic E-state index is 5.80. The predicted octanol–water partition coefficient (Wildman–Crippen LogP) is 4.96. The highest BCUT2D eigenvalue weighted by Crippen LogP contribution is 2.34. The number of hydrogen-bond acceptors (Lipinski definition) is 5. The number of nitrogens with one attached hydrogen (secondary N) is 1. The van der Waals surface area contributed by atoms with Gasteiger partial charge in [-0.1, -0.05) is 38.3 Å². The molecule has 0 aliphatic rings. The van der Waals surface area contributed by atoms with Gasteiger partial charge in [-0.3, -0.25) is 0 Å². The van der Waals surface area contributed by atoms with Crippen LogP contribution in [-0.2, 0) is 13.1 Å². The minimum atomic E-state index is 0.661. The molecule has 0 bridgehead atoms. The molecule has 0 saturated carbocycles. The molecular formula is C23H33NO4. The highest BCUT2D eigenvalue weighted by atomic mass is 16.5. The number of methoxy groups -OCH3 is 3. The van der Waals surface area contributed by atoms with E-state index in [4.69, 9.17) is 18.9 Å². The molecule has 0 amide bonds. The molecule has 0 saturated heterocycles. The average molecular weight is 388 g/mol. The van der Waals surface area contributed by atoms with E-state index in [1.165, 1.54) is 24.8 Å². The van der Waals surface area contributed by atoms with Crippen LogP contribution in [0.5, 0.6) is 23.0 Å². The van der Waals surface area contributed by atoms with Crippen molar-refractivity contribution < 1.29 is 18.9 Å². The number of rotatable bonds is 13. The van der Waals surface area contributed by atoms with Gasteiger partial charge in [0.15, 0.2) is 11.5 Å². The zero-order valence-electron chi connectivity index (χ0n) is 17.5. The molecule has 28 heavy (non-hydrogen) atoms. The molecule has 1 N–H and O–H groups in total. The van der Waals surface area contributed by atoms with Crippen molar-refractivity contribution in [3.05, 3.63) is 47.5 Å². The van der Waals surface area contributed by atoms with Crippen LogP contribution in [0.25, 0.3) is 0 Å². The number of hydrogen-bond donors (Lipinski definition) is 1. The Morgan fingerprint density at radius 2 is 1.43 bits per heavy atom. The van der Waals surface area contributed by atoms with Gasteiger partial charge in [0.1, 0.15) is 11.5 Å². The van der Waals surface area contributed by atoms with Crippen LogP contribution in [0.3, 0.4) is 0 Å². The van der Waals surface area contributed by atoms with E-state index in [1.807, 2.05) is 24.3 Å². The van der Waals surface area contributed by atoms with E-state index < -0.39 is 0 Å². The Bertz CT molecular complexity index is 700. The fraction of sp³-hybridized carbons (Fsp3) is 0.478. The van der Waals surface area contributed by atoms with E-state index >= 15 is 0 Å². The number of unbranched alkanes of at least 4 members (excludes halogenated alkanes) is 3. The summed E-state index contributed by atoms with van der Waals surface area (Å²) in [7, 11) is 4.91. The first-order valence-corrected chi connectivity index (χ1v) is 9.93. The molecule has 0 aromatic heterocycles. The van der Waals surface area contributed by atoms with E-state index in [1.54, 1.807) is 21.3 Å². The summed E-state index contributed by atoms with van der Waals surface area (Å²) in [5.41, 5.74) is 2.23. The summed E-state index contributed by atoms with van der Waals surface area (Å²) >= 11 is 0. The van der Waals surface area contributed by atoms with Crippen LogP contribution >= 0.6 is 0 Å². The van der Waals surface area contributed by atoms with Gasteiger partial charge in [-0.25, -0.2) is 0 Å². The Hall–Kier alpha value is -2.40. The number of ether oxygens (including phenoxy) is 4. The molecule has 0 spiro atoms. The molecule has 5 heteroatoms. The zero-order valence-corrected chi connectivity index (χ0v) is 17.5. The Morgan fingerprint density at radius 3 is 2.07 bits per heavy atom. The maximum absolute atomic E-state index is 5.80. The van der Waals surface area contributed by atoms with Crippen LogP contribution < -0.4 is 24.3 Å². The second-order valence-corrected chi connectivity index (χ2v) is 6.68. The molecule has 5 nitrogen and oxygen atoms in total. The average Bonchev–Trinajstić information content (AvgIpc) is 2.74. The summed E-state index contributed by atoms with van der Waals surface area (Å²) in [6.07, 6.45) is 4.87. The molecule has 154 valence electrons. The van der Waals surface area contributed by atoms with Crippen LogP contribution in [0.1, 0.15) is 43.7 Å². The van der Waals surface area contributed by atoms with Gasteiger partial charge in [0, 0.05) is 24.7 Å². The van der Waals surface area contributed by atoms with Crippen molar-refractivity contribution in [1.29, 1.82) is 0 Å². The fourth-order valence-electron chi connectivity index (χ4n) is 2.99. The Labute approximate surface area is 169 Å². The van der Waals surface area contributed by atoms with Gasteiger partial charge in [-0.2, -0.15) is 0 Å². The Morgan fingerprint density at radius 1 is 0.750 bits per heavy atom. The molecule has 0 atom stereocenters. The normalized spacial score (nSPS) is 10.6. The topological polar surface area (TPSA) is 49.0 Å². The molecule has 2 aromatic rings. The molecule has 0 unspecified atom stereocenters. The lowest BCUT2D eigenvalue weighted by Gasteiger charge is -2.14. The van der Waals surface area contributed by atoms with Crippen molar-refractivity contribution in [2.75, 3.05) is 27.9 Å². The monoisotopic (exact) mass is 387 g/mol. The Kier molecular flexibility index (Phi) is 9.49. The van der Waals surface area contributed by atoms with E-state index in [0.29, 0.717) is 18.0 Å². The third kappa shape index (κ3) is 6.64. The van der Waals surface area contributed by atoms with Gasteiger partial charge in [0.25, 0.3) is 0 Å². The van der Waals surface area contributed by atoms with Crippen molar-refractivity contribution in [2.45, 2.75) is 45.7 Å². The van der Waals surface area contributed by atoms with Crippen LogP contribution in [0.2, 0.25) is 0 Å². The summed E-state index contributed by atoms with van der Waals surface area (Å²) in [5.74, 6) is 3.06. The second-order valence-electron chi connectivity index (χ2n) is 6.68. The lowest BCUT2D eigenvalue weighted by molar-refractivity contribution is 0.305. The molecule has 0 radical (unpaired) electrons. The van der Waals surface area contributed by atoms with Crippen molar-refractivity contribution in [3.8, 4) is 23.0 Å². The van der Waals surface area contributed by atoms with Crippen molar-refractivity contribution in [3.63, 3.8) is 0 Å². The maximum Gasteiger partial charge on any atom is 0.164 e. The van der Waals surface area contributed by atoms with Crippen LogP contribution in [0.15, 0.2) is 36.4 Å². The van der Waals surface area contributed by atoms with E-state index in [0.717, 1.165) is 36.6 Å². The first kappa shape index (κ1) is 21.9. The molecule has 0 fully saturated rings. The van der Waals surface area contributed by atoms with Crippen LogP contribution in [-0.4, -0.2) is 27.9 Å². The lowest BCUT2D eigenvalue weighted by atomic mass is 10.1. The first-order chi connectivity index (χ1) is 13.7. The van der Waals surface area contributed by atoms with Crippen LogP contribution in [0, 0.1) is 0 Å². The third-order valence-corrected chi connectivity index (χ3v) is 4.62. The SMILES string of the molecule is CCCCCCOc1ccc(CNCc2cc(OC)c(OC)cc2OC)cc1. The molecule has 2 aromatic carbocycles. The largest absolute Gasteiger partial charge is 0.496 e. The highest BCUT2D eigenvalue weighted by molar-refractivity contribution is 5.50. The molecular weight excluding hydrogens is 354 g/mol. The minimum absolute atomic E-state index is 0.661. The molecule has 0 aliphatic heterocycles. The van der Waals surface area contributed by atoms with Gasteiger partial charge in [0.05, 0.1) is 27.9 Å². The minimum Gasteiger partial charge on any atom is -0.496 e. The number of benzene rings is 2. The van der Waals surface area contributed by atoms with Crippen LogP contribution in [0.4, 0.5) is 0 Å². The second kappa shape index (κ2) is 12.1. The van der Waals surface area contributed by atoms with E-state index in [-0.39, 0.29) is 0 Å². The molecule has 2 rings (SSSR count). The summed E-state index contributed by atoms with van der Waals surface area (Å²) in [6, 6.07) is 12.1. The fourth-order valence-corrected chi connectivity index (χ4v) is 2.99. The van der Waals surface area contributed by atoms with Crippen molar-refractivity contribution in [2.24, 2.45) is 0 Å². The summed E-state index contributed by atoms with van der Waals surface area (Å²) < 4.78 is 22.0. The Balaban J connectivity index is 1.84. The predicted molar refractivity (Wildman–Crippen MR) is 113 cm³/mol. The van der Waals surface area contributed by atoms with Gasteiger partial charge >= 0.3 is 0 Å². The summed E-state index contributed by atoms with van der Waals surface area (Å²) in [5, 5.41) is 3.45. The van der Waals surface area contributed by atoms with Gasteiger partial charge in [-0.05, 0) is 30.2 Å². The summed E-state index contributed by atoms with van der Waals surface area (Å²) in [4.78, 5) is 0. The smallest absolute Gasteiger partial charge is 0.164 e. The van der Waals surface area contributed by atoms with E-state index in [2.05, 4.69) is 24.4 Å². The van der Waals surface area contributed by atoms with Gasteiger partial charge in [-0.15, -0.1) is 0 Å².